The molecule has 1 saturated heterocycles. The molecule has 2 aromatic carbocycles. The van der Waals surface area contributed by atoms with Crippen molar-refractivity contribution in [1.29, 1.82) is 0 Å². The Morgan fingerprint density at radius 2 is 2.09 bits per heavy atom. The van der Waals surface area contributed by atoms with Crippen LogP contribution in [0.4, 0.5) is 14.9 Å². The number of carbonyl (C=O) groups excluding carboxylic acids is 3. The van der Waals surface area contributed by atoms with Gasteiger partial charge in [0.2, 0.25) is 5.91 Å². The molecule has 0 saturated carbocycles. The Morgan fingerprint density at radius 1 is 1.31 bits per heavy atom. The van der Waals surface area contributed by atoms with Gasteiger partial charge in [0.05, 0.1) is 15.6 Å². The number of nitrogens with zero attached hydrogens (tertiary/aromatic N) is 1. The molecule has 166 valence electrons. The van der Waals surface area contributed by atoms with Crippen molar-refractivity contribution >= 4 is 63.2 Å². The van der Waals surface area contributed by atoms with Gasteiger partial charge in [-0.3, -0.25) is 19.3 Å². The lowest BCUT2D eigenvalue weighted by atomic mass is 10.2. The van der Waals surface area contributed by atoms with Crippen LogP contribution in [0, 0.1) is 9.39 Å². The van der Waals surface area contributed by atoms with Crippen LogP contribution in [-0.4, -0.2) is 42.2 Å². The minimum absolute atomic E-state index is 0.172. The van der Waals surface area contributed by atoms with Gasteiger partial charge in [-0.1, -0.05) is 18.7 Å². The van der Waals surface area contributed by atoms with Crippen LogP contribution >= 0.6 is 34.4 Å². The van der Waals surface area contributed by atoms with Gasteiger partial charge in [-0.2, -0.15) is 0 Å². The van der Waals surface area contributed by atoms with Crippen LogP contribution in [-0.2, 0) is 9.59 Å². The molecular formula is C22H18FIN2O5S. The van der Waals surface area contributed by atoms with Gasteiger partial charge in [-0.15, -0.1) is 0 Å². The first-order valence-corrected chi connectivity index (χ1v) is 11.1. The van der Waals surface area contributed by atoms with E-state index in [-0.39, 0.29) is 10.6 Å². The van der Waals surface area contributed by atoms with Crippen LogP contribution in [0.1, 0.15) is 5.56 Å². The maximum atomic E-state index is 13.3. The van der Waals surface area contributed by atoms with Crippen LogP contribution in [0.5, 0.6) is 11.5 Å². The smallest absolute Gasteiger partial charge is 0.294 e. The molecule has 32 heavy (non-hydrogen) atoms. The Bertz CT molecular complexity index is 1120. The minimum Gasteiger partial charge on any atom is -0.493 e. The van der Waals surface area contributed by atoms with E-state index in [2.05, 4.69) is 34.5 Å². The summed E-state index contributed by atoms with van der Waals surface area (Å²) in [6.45, 7) is 3.45. The van der Waals surface area contributed by atoms with E-state index < -0.39 is 29.4 Å². The van der Waals surface area contributed by atoms with Gasteiger partial charge < -0.3 is 14.8 Å². The summed E-state index contributed by atoms with van der Waals surface area (Å²) in [4.78, 5) is 38.3. The molecule has 1 aliphatic rings. The number of imide groups is 1. The molecule has 0 bridgehead atoms. The number of methoxy groups -OCH3 is 1. The fraction of sp³-hybridized carbons (Fsp3) is 0.136. The standard InChI is InChI=1S/C22H18FIN2O5S/c1-3-7-31-20-16(24)8-13(9-17(20)30-2)10-18-21(28)26(22(29)32-18)12-19(27)25-15-6-4-5-14(23)11-15/h3-6,8-11H,1,7,12H2,2H3,(H,25,27)/b18-10-. The van der Waals surface area contributed by atoms with Crippen LogP contribution in [0.15, 0.2) is 54.0 Å². The summed E-state index contributed by atoms with van der Waals surface area (Å²) in [7, 11) is 1.50. The maximum absolute atomic E-state index is 13.3. The number of carbonyl (C=O) groups is 3. The third kappa shape index (κ3) is 5.68. The summed E-state index contributed by atoms with van der Waals surface area (Å²) in [6, 6.07) is 8.80. The van der Waals surface area contributed by atoms with Crippen molar-refractivity contribution in [3.05, 3.63) is 68.9 Å². The molecule has 1 heterocycles. The number of benzene rings is 2. The monoisotopic (exact) mass is 568 g/mol. The van der Waals surface area contributed by atoms with E-state index in [0.717, 1.165) is 26.3 Å². The second-order valence-corrected chi connectivity index (χ2v) is 8.62. The van der Waals surface area contributed by atoms with Crippen LogP contribution in [0.2, 0.25) is 0 Å². The molecule has 0 unspecified atom stereocenters. The fourth-order valence-corrected chi connectivity index (χ4v) is 4.42. The number of amides is 3. The molecule has 1 fully saturated rings. The fourth-order valence-electron chi connectivity index (χ4n) is 2.80. The summed E-state index contributed by atoms with van der Waals surface area (Å²) in [6.07, 6.45) is 3.17. The molecule has 0 radical (unpaired) electrons. The molecule has 0 atom stereocenters. The predicted octanol–water partition coefficient (Wildman–Crippen LogP) is 4.68. The lowest BCUT2D eigenvalue weighted by molar-refractivity contribution is -0.127. The lowest BCUT2D eigenvalue weighted by Crippen LogP contribution is -2.36. The number of halogens is 2. The van der Waals surface area contributed by atoms with E-state index >= 15 is 0 Å². The maximum Gasteiger partial charge on any atom is 0.294 e. The first-order valence-electron chi connectivity index (χ1n) is 9.24. The number of nitrogens with one attached hydrogen (secondary N) is 1. The van der Waals surface area contributed by atoms with Gasteiger partial charge >= 0.3 is 0 Å². The first kappa shape index (κ1) is 23.8. The third-order valence-corrected chi connectivity index (χ3v) is 5.89. The zero-order valence-electron chi connectivity index (χ0n) is 16.9. The molecule has 0 aromatic heterocycles. The van der Waals surface area contributed by atoms with Crippen LogP contribution < -0.4 is 14.8 Å². The Hall–Kier alpha value is -2.86. The van der Waals surface area contributed by atoms with E-state index in [1.54, 1.807) is 24.3 Å². The minimum atomic E-state index is -0.612. The molecule has 1 N–H and O–H groups in total. The number of anilines is 1. The highest BCUT2D eigenvalue weighted by Gasteiger charge is 2.36. The van der Waals surface area contributed by atoms with E-state index in [4.69, 9.17) is 9.47 Å². The van der Waals surface area contributed by atoms with E-state index in [1.165, 1.54) is 25.3 Å². The highest BCUT2D eigenvalue weighted by Crippen LogP contribution is 2.37. The highest BCUT2D eigenvalue weighted by molar-refractivity contribution is 14.1. The van der Waals surface area contributed by atoms with Crippen molar-refractivity contribution in [2.75, 3.05) is 25.6 Å². The van der Waals surface area contributed by atoms with Crippen molar-refractivity contribution in [3.8, 4) is 11.5 Å². The van der Waals surface area contributed by atoms with Crippen molar-refractivity contribution in [1.82, 2.24) is 4.90 Å². The quantitative estimate of drug-likeness (QED) is 0.283. The number of hydrogen-bond acceptors (Lipinski definition) is 6. The Kier molecular flexibility index (Phi) is 7.91. The van der Waals surface area contributed by atoms with Crippen molar-refractivity contribution in [2.45, 2.75) is 0 Å². The Morgan fingerprint density at radius 3 is 2.78 bits per heavy atom. The average Bonchev–Trinajstić information content (AvgIpc) is 3.00. The zero-order chi connectivity index (χ0) is 23.3. The van der Waals surface area contributed by atoms with E-state index in [9.17, 15) is 18.8 Å². The largest absolute Gasteiger partial charge is 0.493 e. The predicted molar refractivity (Wildman–Crippen MR) is 129 cm³/mol. The average molecular weight is 568 g/mol. The first-order chi connectivity index (χ1) is 15.3. The van der Waals surface area contributed by atoms with E-state index in [1.807, 2.05) is 0 Å². The van der Waals surface area contributed by atoms with Gasteiger partial charge in [0, 0.05) is 5.69 Å². The molecule has 3 amide bonds. The topological polar surface area (TPSA) is 84.9 Å². The highest BCUT2D eigenvalue weighted by atomic mass is 127. The number of hydrogen-bond donors (Lipinski definition) is 1. The van der Waals surface area contributed by atoms with Crippen molar-refractivity contribution < 1.29 is 28.2 Å². The Labute approximate surface area is 201 Å². The van der Waals surface area contributed by atoms with Crippen molar-refractivity contribution in [2.24, 2.45) is 0 Å². The lowest BCUT2D eigenvalue weighted by Gasteiger charge is -2.13. The molecule has 0 spiro atoms. The summed E-state index contributed by atoms with van der Waals surface area (Å²) in [5.41, 5.74) is 0.866. The molecule has 1 aliphatic heterocycles. The molecule has 2 aromatic rings. The summed E-state index contributed by atoms with van der Waals surface area (Å²) in [5, 5.41) is 1.90. The third-order valence-electron chi connectivity index (χ3n) is 4.18. The zero-order valence-corrected chi connectivity index (χ0v) is 19.9. The summed E-state index contributed by atoms with van der Waals surface area (Å²) >= 11 is 2.82. The molecule has 3 rings (SSSR count). The van der Waals surface area contributed by atoms with Gasteiger partial charge in [-0.05, 0) is 76.3 Å². The van der Waals surface area contributed by atoms with Gasteiger partial charge in [0.25, 0.3) is 11.1 Å². The Balaban J connectivity index is 1.75. The van der Waals surface area contributed by atoms with Crippen LogP contribution in [0.25, 0.3) is 6.08 Å². The normalized spacial score (nSPS) is 14.6. The van der Waals surface area contributed by atoms with Gasteiger partial charge in [0.15, 0.2) is 11.5 Å². The molecule has 0 aliphatic carbocycles. The number of rotatable bonds is 8. The second-order valence-electron chi connectivity index (χ2n) is 6.46. The number of ether oxygens (including phenoxy) is 2. The summed E-state index contributed by atoms with van der Waals surface area (Å²) < 4.78 is 25.0. The SMILES string of the molecule is C=CCOc1c(I)cc(/C=C2\SC(=O)N(CC(=O)Nc3cccc(F)c3)C2=O)cc1OC. The molecule has 7 nitrogen and oxygen atoms in total. The van der Waals surface area contributed by atoms with Gasteiger partial charge in [-0.25, -0.2) is 4.39 Å². The molecule has 10 heteroatoms. The van der Waals surface area contributed by atoms with Gasteiger partial charge in [0.1, 0.15) is 19.0 Å². The molecular weight excluding hydrogens is 550 g/mol. The van der Waals surface area contributed by atoms with Crippen molar-refractivity contribution in [3.63, 3.8) is 0 Å². The number of thioether (sulfide) groups is 1. The van der Waals surface area contributed by atoms with Crippen LogP contribution in [0.3, 0.4) is 0 Å². The summed E-state index contributed by atoms with van der Waals surface area (Å²) in [5.74, 6) is -0.691. The van der Waals surface area contributed by atoms with E-state index in [0.29, 0.717) is 23.7 Å². The second kappa shape index (κ2) is 10.6.